The molecular formula is C19H19N3O. The van der Waals surface area contributed by atoms with Crippen molar-refractivity contribution in [2.24, 2.45) is 7.05 Å². The third-order valence-corrected chi connectivity index (χ3v) is 3.85. The van der Waals surface area contributed by atoms with E-state index in [1.807, 2.05) is 73.1 Å². The number of amides is 1. The third-order valence-electron chi connectivity index (χ3n) is 3.85. The highest BCUT2D eigenvalue weighted by molar-refractivity contribution is 5.93. The van der Waals surface area contributed by atoms with Crippen LogP contribution in [0.5, 0.6) is 0 Å². The minimum Gasteiger partial charge on any atom is -0.347 e. The van der Waals surface area contributed by atoms with Crippen LogP contribution in [-0.4, -0.2) is 15.5 Å². The fourth-order valence-electron chi connectivity index (χ4n) is 2.51. The van der Waals surface area contributed by atoms with E-state index in [4.69, 9.17) is 0 Å². The Balaban J connectivity index is 1.73. The summed E-state index contributed by atoms with van der Waals surface area (Å²) in [6.07, 6.45) is 1.79. The standard InChI is InChI=1S/C19H19N3O/c1-14-8-9-15(12-20-14)13-21-19(23)18-11-10-17(22(18)2)16-6-4-3-5-7-16/h3-12H,13H2,1-2H3,(H,21,23). The molecule has 4 heteroatoms. The number of carbonyl (C=O) groups is 1. The first kappa shape index (κ1) is 15.0. The van der Waals surface area contributed by atoms with Crippen molar-refractivity contribution in [3.63, 3.8) is 0 Å². The van der Waals surface area contributed by atoms with E-state index in [9.17, 15) is 4.79 Å². The maximum Gasteiger partial charge on any atom is 0.268 e. The van der Waals surface area contributed by atoms with Gasteiger partial charge in [-0.3, -0.25) is 9.78 Å². The number of aryl methyl sites for hydroxylation is 1. The molecule has 23 heavy (non-hydrogen) atoms. The molecule has 3 rings (SSSR count). The van der Waals surface area contributed by atoms with Crippen LogP contribution in [0.4, 0.5) is 0 Å². The van der Waals surface area contributed by atoms with Gasteiger partial charge in [-0.2, -0.15) is 0 Å². The van der Waals surface area contributed by atoms with Crippen molar-refractivity contribution < 1.29 is 4.79 Å². The molecule has 2 aromatic heterocycles. The SMILES string of the molecule is Cc1ccc(CNC(=O)c2ccc(-c3ccccc3)n2C)cn1. The maximum absolute atomic E-state index is 12.4. The summed E-state index contributed by atoms with van der Waals surface area (Å²) < 4.78 is 1.91. The first-order valence-corrected chi connectivity index (χ1v) is 7.56. The highest BCUT2D eigenvalue weighted by Crippen LogP contribution is 2.21. The Morgan fingerprint density at radius 3 is 2.57 bits per heavy atom. The highest BCUT2D eigenvalue weighted by atomic mass is 16.1. The molecule has 0 radical (unpaired) electrons. The van der Waals surface area contributed by atoms with Crippen LogP contribution in [0.25, 0.3) is 11.3 Å². The molecule has 1 N–H and O–H groups in total. The molecular weight excluding hydrogens is 286 g/mol. The van der Waals surface area contributed by atoms with E-state index in [2.05, 4.69) is 10.3 Å². The molecule has 116 valence electrons. The number of hydrogen-bond donors (Lipinski definition) is 1. The van der Waals surface area contributed by atoms with Gasteiger partial charge in [0.05, 0.1) is 0 Å². The van der Waals surface area contributed by atoms with Gasteiger partial charge >= 0.3 is 0 Å². The molecule has 0 saturated carbocycles. The van der Waals surface area contributed by atoms with Crippen molar-refractivity contribution in [2.75, 3.05) is 0 Å². The molecule has 3 aromatic rings. The molecule has 0 spiro atoms. The Morgan fingerprint density at radius 2 is 1.87 bits per heavy atom. The Morgan fingerprint density at radius 1 is 1.09 bits per heavy atom. The molecule has 0 aliphatic rings. The predicted molar refractivity (Wildman–Crippen MR) is 91.0 cm³/mol. The quantitative estimate of drug-likeness (QED) is 0.803. The molecule has 0 aliphatic heterocycles. The Kier molecular flexibility index (Phi) is 4.24. The number of nitrogens with zero attached hydrogens (tertiary/aromatic N) is 2. The number of hydrogen-bond acceptors (Lipinski definition) is 2. The second-order valence-corrected chi connectivity index (χ2v) is 5.52. The summed E-state index contributed by atoms with van der Waals surface area (Å²) in [7, 11) is 1.91. The van der Waals surface area contributed by atoms with E-state index in [1.54, 1.807) is 6.20 Å². The zero-order valence-electron chi connectivity index (χ0n) is 13.3. The van der Waals surface area contributed by atoms with Crippen LogP contribution in [0.3, 0.4) is 0 Å². The summed E-state index contributed by atoms with van der Waals surface area (Å²) in [5.41, 5.74) is 4.71. The lowest BCUT2D eigenvalue weighted by atomic mass is 10.2. The topological polar surface area (TPSA) is 46.9 Å². The van der Waals surface area contributed by atoms with E-state index < -0.39 is 0 Å². The number of pyridine rings is 1. The van der Waals surface area contributed by atoms with Crippen molar-refractivity contribution in [2.45, 2.75) is 13.5 Å². The van der Waals surface area contributed by atoms with Gasteiger partial charge in [-0.1, -0.05) is 36.4 Å². The summed E-state index contributed by atoms with van der Waals surface area (Å²) in [5.74, 6) is -0.0877. The molecule has 0 aliphatic carbocycles. The van der Waals surface area contributed by atoms with Crippen molar-refractivity contribution >= 4 is 5.91 Å². The fourth-order valence-corrected chi connectivity index (χ4v) is 2.51. The minimum absolute atomic E-state index is 0.0877. The van der Waals surface area contributed by atoms with Crippen LogP contribution in [0.15, 0.2) is 60.8 Å². The maximum atomic E-state index is 12.4. The van der Waals surface area contributed by atoms with Crippen molar-refractivity contribution in [1.82, 2.24) is 14.9 Å². The van der Waals surface area contributed by atoms with Crippen molar-refractivity contribution in [3.05, 3.63) is 77.7 Å². The monoisotopic (exact) mass is 305 g/mol. The normalized spacial score (nSPS) is 10.5. The van der Waals surface area contributed by atoms with E-state index in [0.717, 1.165) is 22.5 Å². The van der Waals surface area contributed by atoms with Gasteiger partial charge in [0.25, 0.3) is 5.91 Å². The summed E-state index contributed by atoms with van der Waals surface area (Å²) >= 11 is 0. The average Bonchev–Trinajstić information content (AvgIpc) is 2.96. The molecule has 0 atom stereocenters. The average molecular weight is 305 g/mol. The van der Waals surface area contributed by atoms with Gasteiger partial charge in [-0.05, 0) is 36.2 Å². The summed E-state index contributed by atoms with van der Waals surface area (Å²) in [4.78, 5) is 16.6. The van der Waals surface area contributed by atoms with Gasteiger partial charge in [0.1, 0.15) is 5.69 Å². The first-order chi connectivity index (χ1) is 11.1. The summed E-state index contributed by atoms with van der Waals surface area (Å²) in [5, 5.41) is 2.94. The molecule has 1 aromatic carbocycles. The molecule has 1 amide bonds. The lowest BCUT2D eigenvalue weighted by molar-refractivity contribution is 0.0943. The highest BCUT2D eigenvalue weighted by Gasteiger charge is 2.13. The zero-order chi connectivity index (χ0) is 16.2. The van der Waals surface area contributed by atoms with Gasteiger partial charge in [0.2, 0.25) is 0 Å². The Labute approximate surface area is 135 Å². The summed E-state index contributed by atoms with van der Waals surface area (Å²) in [6, 6.07) is 17.8. The third kappa shape index (κ3) is 3.31. The van der Waals surface area contributed by atoms with Crippen LogP contribution >= 0.6 is 0 Å². The van der Waals surface area contributed by atoms with E-state index in [0.29, 0.717) is 12.2 Å². The number of nitrogens with one attached hydrogen (secondary N) is 1. The van der Waals surface area contributed by atoms with E-state index >= 15 is 0 Å². The molecule has 2 heterocycles. The van der Waals surface area contributed by atoms with Crippen LogP contribution in [0.1, 0.15) is 21.7 Å². The number of carbonyl (C=O) groups excluding carboxylic acids is 1. The molecule has 0 unspecified atom stereocenters. The van der Waals surface area contributed by atoms with Crippen molar-refractivity contribution in [3.8, 4) is 11.3 Å². The Hall–Kier alpha value is -2.88. The van der Waals surface area contributed by atoms with Crippen LogP contribution in [0.2, 0.25) is 0 Å². The smallest absolute Gasteiger partial charge is 0.268 e. The lowest BCUT2D eigenvalue weighted by Crippen LogP contribution is -2.25. The first-order valence-electron chi connectivity index (χ1n) is 7.56. The zero-order valence-corrected chi connectivity index (χ0v) is 13.3. The largest absolute Gasteiger partial charge is 0.347 e. The van der Waals surface area contributed by atoms with Gasteiger partial charge in [-0.25, -0.2) is 0 Å². The van der Waals surface area contributed by atoms with Crippen LogP contribution in [0, 0.1) is 6.92 Å². The minimum atomic E-state index is -0.0877. The molecule has 0 bridgehead atoms. The number of benzene rings is 1. The Bertz CT molecular complexity index is 804. The second-order valence-electron chi connectivity index (χ2n) is 5.52. The van der Waals surface area contributed by atoms with Crippen molar-refractivity contribution in [1.29, 1.82) is 0 Å². The van der Waals surface area contributed by atoms with Gasteiger partial charge in [0.15, 0.2) is 0 Å². The second kappa shape index (κ2) is 6.48. The van der Waals surface area contributed by atoms with Gasteiger partial charge in [-0.15, -0.1) is 0 Å². The van der Waals surface area contributed by atoms with Crippen LogP contribution < -0.4 is 5.32 Å². The lowest BCUT2D eigenvalue weighted by Gasteiger charge is -2.09. The fraction of sp³-hybridized carbons (Fsp3) is 0.158. The predicted octanol–water partition coefficient (Wildman–Crippen LogP) is 3.33. The van der Waals surface area contributed by atoms with Gasteiger partial charge < -0.3 is 9.88 Å². The molecule has 0 fully saturated rings. The summed E-state index contributed by atoms with van der Waals surface area (Å²) in [6.45, 7) is 2.41. The van der Waals surface area contributed by atoms with E-state index in [-0.39, 0.29) is 5.91 Å². The molecule has 0 saturated heterocycles. The number of aromatic nitrogens is 2. The van der Waals surface area contributed by atoms with E-state index in [1.165, 1.54) is 0 Å². The number of rotatable bonds is 4. The van der Waals surface area contributed by atoms with Gasteiger partial charge in [0, 0.05) is 31.2 Å². The molecule has 4 nitrogen and oxygen atoms in total. The van der Waals surface area contributed by atoms with Crippen LogP contribution in [-0.2, 0) is 13.6 Å².